The molecular weight excluding hydrogens is 419 g/mol. The van der Waals surface area contributed by atoms with Gasteiger partial charge in [0.25, 0.3) is 5.91 Å². The molecule has 1 atom stereocenters. The second-order valence-corrected chi connectivity index (χ2v) is 9.72. The van der Waals surface area contributed by atoms with Gasteiger partial charge in [-0.05, 0) is 42.4 Å². The number of nitrogens with one attached hydrogen (secondary N) is 1. The van der Waals surface area contributed by atoms with E-state index in [1.807, 2.05) is 5.32 Å². The molecule has 0 spiro atoms. The molecule has 0 bridgehead atoms. The van der Waals surface area contributed by atoms with Gasteiger partial charge in [-0.3, -0.25) is 9.78 Å². The summed E-state index contributed by atoms with van der Waals surface area (Å²) in [7, 11) is -3.78. The molecule has 10 heteroatoms. The zero-order chi connectivity index (χ0) is 22.1. The largest absolute Gasteiger partial charge is 0.412 e. The number of sulfone groups is 1. The third-order valence-corrected chi connectivity index (χ3v) is 6.63. The highest BCUT2D eigenvalue weighted by Gasteiger charge is 2.42. The molecule has 162 valence electrons. The topological polar surface area (TPSA) is 89.0 Å². The Labute approximate surface area is 172 Å². The first-order valence-corrected chi connectivity index (χ1v) is 11.2. The minimum Gasteiger partial charge on any atom is -0.335 e. The van der Waals surface area contributed by atoms with Gasteiger partial charge in [0.15, 0.2) is 20.9 Å². The first kappa shape index (κ1) is 22.2. The van der Waals surface area contributed by atoms with E-state index >= 15 is 0 Å². The molecule has 1 saturated carbocycles. The van der Waals surface area contributed by atoms with Crippen LogP contribution in [0, 0.1) is 5.92 Å². The zero-order valence-electron chi connectivity index (χ0n) is 16.5. The fraction of sp³-hybridized carbons (Fsp3) is 0.450. The molecule has 30 heavy (non-hydrogen) atoms. The molecule has 1 N–H and O–H groups in total. The monoisotopic (exact) mass is 441 g/mol. The van der Waals surface area contributed by atoms with Crippen molar-refractivity contribution in [1.82, 2.24) is 15.3 Å². The lowest BCUT2D eigenvalue weighted by Crippen LogP contribution is -2.38. The van der Waals surface area contributed by atoms with Gasteiger partial charge in [-0.2, -0.15) is 13.2 Å². The summed E-state index contributed by atoms with van der Waals surface area (Å²) in [5.74, 6) is -1.39. The lowest BCUT2D eigenvalue weighted by molar-refractivity contribution is -0.155. The van der Waals surface area contributed by atoms with Crippen molar-refractivity contribution in [3.63, 3.8) is 0 Å². The van der Waals surface area contributed by atoms with Crippen LogP contribution < -0.4 is 5.32 Å². The van der Waals surface area contributed by atoms with Crippen LogP contribution in [0.4, 0.5) is 13.2 Å². The van der Waals surface area contributed by atoms with Crippen molar-refractivity contribution >= 4 is 15.7 Å². The summed E-state index contributed by atoms with van der Waals surface area (Å²) in [6.07, 6.45) is -0.800. The fourth-order valence-electron chi connectivity index (χ4n) is 3.16. The van der Waals surface area contributed by atoms with Crippen LogP contribution >= 0.6 is 0 Å². The number of alkyl halides is 3. The predicted molar refractivity (Wildman–Crippen MR) is 104 cm³/mol. The Bertz CT molecular complexity index is 1020. The second-order valence-electron chi connectivity index (χ2n) is 7.77. The molecule has 1 amide bonds. The van der Waals surface area contributed by atoms with E-state index in [9.17, 15) is 26.4 Å². The molecular formula is C20H22F3N3O3S. The molecule has 3 rings (SSSR count). The van der Waals surface area contributed by atoms with Crippen molar-refractivity contribution in [1.29, 1.82) is 0 Å². The first-order valence-electron chi connectivity index (χ1n) is 9.50. The molecule has 0 aliphatic heterocycles. The summed E-state index contributed by atoms with van der Waals surface area (Å²) in [5, 5.41) is 1.70. The third-order valence-electron chi connectivity index (χ3n) is 4.61. The van der Waals surface area contributed by atoms with Gasteiger partial charge in [0.1, 0.15) is 5.69 Å². The van der Waals surface area contributed by atoms with Gasteiger partial charge in [-0.25, -0.2) is 13.4 Å². The third kappa shape index (κ3) is 5.16. The van der Waals surface area contributed by atoms with Crippen LogP contribution in [0.15, 0.2) is 41.7 Å². The van der Waals surface area contributed by atoms with Gasteiger partial charge in [0, 0.05) is 18.0 Å². The van der Waals surface area contributed by atoms with Crippen LogP contribution in [-0.2, 0) is 9.84 Å². The van der Waals surface area contributed by atoms with E-state index in [1.54, 1.807) is 13.8 Å². The van der Waals surface area contributed by atoms with Gasteiger partial charge in [0.2, 0.25) is 0 Å². The van der Waals surface area contributed by atoms with E-state index in [1.165, 1.54) is 30.5 Å². The molecule has 2 aromatic rings. The van der Waals surface area contributed by atoms with Gasteiger partial charge in [-0.1, -0.05) is 26.0 Å². The number of carbonyl (C=O) groups is 1. The Kier molecular flexibility index (Phi) is 6.16. The molecule has 0 saturated heterocycles. The van der Waals surface area contributed by atoms with Gasteiger partial charge >= 0.3 is 6.18 Å². The second kappa shape index (κ2) is 8.33. The number of aromatic nitrogens is 2. The summed E-state index contributed by atoms with van der Waals surface area (Å²) >= 11 is 0. The summed E-state index contributed by atoms with van der Waals surface area (Å²) in [5.41, 5.74) is -0.0905. The number of rotatable bonds is 7. The van der Waals surface area contributed by atoms with Crippen molar-refractivity contribution < 1.29 is 26.4 Å². The average molecular weight is 441 g/mol. The molecule has 2 aromatic heterocycles. The maximum absolute atomic E-state index is 13.5. The highest BCUT2D eigenvalue weighted by atomic mass is 32.2. The molecule has 1 aliphatic carbocycles. The van der Waals surface area contributed by atoms with Crippen LogP contribution in [-0.4, -0.2) is 36.2 Å². The van der Waals surface area contributed by atoms with Crippen molar-refractivity contribution in [2.45, 2.75) is 49.9 Å². The number of halogens is 3. The lowest BCUT2D eigenvalue weighted by Gasteiger charge is -2.22. The Hall–Kier alpha value is -2.49. The Morgan fingerprint density at radius 2 is 1.93 bits per heavy atom. The maximum atomic E-state index is 13.5. The van der Waals surface area contributed by atoms with Gasteiger partial charge in [-0.15, -0.1) is 0 Å². The van der Waals surface area contributed by atoms with E-state index in [-0.39, 0.29) is 33.9 Å². The van der Waals surface area contributed by atoms with E-state index in [0.717, 1.165) is 19.0 Å². The Morgan fingerprint density at radius 1 is 1.23 bits per heavy atom. The van der Waals surface area contributed by atoms with Crippen molar-refractivity contribution in [2.75, 3.05) is 5.75 Å². The Balaban J connectivity index is 1.95. The van der Waals surface area contributed by atoms with Crippen molar-refractivity contribution in [3.05, 3.63) is 53.5 Å². The lowest BCUT2D eigenvalue weighted by atomic mass is 10.1. The normalized spacial score (nSPS) is 15.8. The first-order chi connectivity index (χ1) is 14.0. The van der Waals surface area contributed by atoms with E-state index < -0.39 is 28.0 Å². The van der Waals surface area contributed by atoms with Crippen LogP contribution in [0.5, 0.6) is 0 Å². The van der Waals surface area contributed by atoms with Gasteiger partial charge in [0.05, 0.1) is 5.75 Å². The number of amides is 1. The predicted octanol–water partition coefficient (Wildman–Crippen LogP) is 3.82. The molecule has 0 aromatic carbocycles. The number of hydrogen-bond acceptors (Lipinski definition) is 5. The summed E-state index contributed by atoms with van der Waals surface area (Å²) in [6.45, 7) is 3.49. The fourth-order valence-corrected chi connectivity index (χ4v) is 5.02. The van der Waals surface area contributed by atoms with E-state index in [2.05, 4.69) is 9.97 Å². The summed E-state index contributed by atoms with van der Waals surface area (Å²) in [4.78, 5) is 20.3. The van der Waals surface area contributed by atoms with E-state index in [0.29, 0.717) is 5.56 Å². The summed E-state index contributed by atoms with van der Waals surface area (Å²) in [6, 6.07) is 3.00. The standard InChI is InChI=1S/C20H22F3N3O3S/c1-12(2)11-30(28,29)19-15(13-5-6-13)7-8-16(25-19)18(27)26-17(20(21,22)23)14-4-3-9-24-10-14/h3-4,7-10,12-13,17H,5-6,11H2,1-2H3,(H,26,27). The van der Waals surface area contributed by atoms with Crippen LogP contribution in [0.1, 0.15) is 60.3 Å². The maximum Gasteiger partial charge on any atom is 0.412 e. The Morgan fingerprint density at radius 3 is 2.47 bits per heavy atom. The molecule has 1 aliphatic rings. The minimum absolute atomic E-state index is 0.0462. The number of hydrogen-bond donors (Lipinski definition) is 1. The number of carbonyl (C=O) groups excluding carboxylic acids is 1. The molecule has 1 fully saturated rings. The highest BCUT2D eigenvalue weighted by molar-refractivity contribution is 7.91. The van der Waals surface area contributed by atoms with E-state index in [4.69, 9.17) is 0 Å². The van der Waals surface area contributed by atoms with Crippen molar-refractivity contribution in [2.24, 2.45) is 5.92 Å². The minimum atomic E-state index is -4.76. The number of pyridine rings is 2. The van der Waals surface area contributed by atoms with Crippen LogP contribution in [0.2, 0.25) is 0 Å². The molecule has 6 nitrogen and oxygen atoms in total. The average Bonchev–Trinajstić information content (AvgIpc) is 3.49. The zero-order valence-corrected chi connectivity index (χ0v) is 17.3. The highest BCUT2D eigenvalue weighted by Crippen LogP contribution is 2.42. The molecule has 2 heterocycles. The molecule has 1 unspecified atom stereocenters. The van der Waals surface area contributed by atoms with Crippen LogP contribution in [0.25, 0.3) is 0 Å². The number of nitrogens with zero attached hydrogens (tertiary/aromatic N) is 2. The van der Waals surface area contributed by atoms with Crippen LogP contribution in [0.3, 0.4) is 0 Å². The SMILES string of the molecule is CC(C)CS(=O)(=O)c1nc(C(=O)NC(c2cccnc2)C(F)(F)F)ccc1C1CC1. The smallest absolute Gasteiger partial charge is 0.335 e. The van der Waals surface area contributed by atoms with Crippen molar-refractivity contribution in [3.8, 4) is 0 Å². The molecule has 0 radical (unpaired) electrons. The summed E-state index contributed by atoms with van der Waals surface area (Å²) < 4.78 is 66.1. The quantitative estimate of drug-likeness (QED) is 0.706. The van der Waals surface area contributed by atoms with Gasteiger partial charge < -0.3 is 5.32 Å².